The van der Waals surface area contributed by atoms with E-state index in [1.807, 2.05) is 13.0 Å². The first-order chi connectivity index (χ1) is 8.54. The Hall–Kier alpha value is -1.82. The summed E-state index contributed by atoms with van der Waals surface area (Å²) in [5.74, 6) is -0.140. The third-order valence-corrected chi connectivity index (χ3v) is 2.85. The number of hydrogen-bond acceptors (Lipinski definition) is 3. The zero-order valence-corrected chi connectivity index (χ0v) is 11.4. The number of aryl methyl sites for hydroxylation is 1. The van der Waals surface area contributed by atoms with Gasteiger partial charge in [0, 0.05) is 17.6 Å². The van der Waals surface area contributed by atoms with Crippen LogP contribution in [0.1, 0.15) is 5.56 Å². The van der Waals surface area contributed by atoms with Crippen LogP contribution in [-0.2, 0) is 11.3 Å². The predicted molar refractivity (Wildman–Crippen MR) is 74.1 cm³/mol. The third-order valence-electron chi connectivity index (χ3n) is 2.44. The van der Waals surface area contributed by atoms with E-state index >= 15 is 0 Å². The van der Waals surface area contributed by atoms with Crippen molar-refractivity contribution in [2.45, 2.75) is 13.5 Å². The molecule has 0 aliphatic heterocycles. The molecule has 1 amide bonds. The molecule has 0 saturated carbocycles. The summed E-state index contributed by atoms with van der Waals surface area (Å²) < 4.78 is 2.40. The largest absolute Gasteiger partial charge is 0.399 e. The maximum Gasteiger partial charge on any atom is 0.246 e. The van der Waals surface area contributed by atoms with Crippen LogP contribution in [0.4, 0.5) is 11.4 Å². The van der Waals surface area contributed by atoms with Gasteiger partial charge in [0.25, 0.3) is 0 Å². The Morgan fingerprint density at radius 3 is 3.00 bits per heavy atom. The second kappa shape index (κ2) is 5.22. The zero-order valence-electron chi connectivity index (χ0n) is 9.85. The number of carbonyl (C=O) groups excluding carboxylic acids is 1. The van der Waals surface area contributed by atoms with Crippen LogP contribution in [0.2, 0.25) is 0 Å². The van der Waals surface area contributed by atoms with E-state index in [2.05, 4.69) is 26.3 Å². The molecule has 0 atom stereocenters. The highest BCUT2D eigenvalue weighted by atomic mass is 79.9. The molecule has 5 nitrogen and oxygen atoms in total. The monoisotopic (exact) mass is 308 g/mol. The minimum atomic E-state index is -0.140. The molecular weight excluding hydrogens is 296 g/mol. The summed E-state index contributed by atoms with van der Waals surface area (Å²) in [6.07, 6.45) is 3.38. The average molecular weight is 309 g/mol. The number of nitrogen functional groups attached to an aromatic ring is 1. The fourth-order valence-corrected chi connectivity index (χ4v) is 1.86. The first-order valence-corrected chi connectivity index (χ1v) is 6.18. The smallest absolute Gasteiger partial charge is 0.246 e. The number of nitrogens with one attached hydrogen (secondary N) is 1. The molecule has 0 spiro atoms. The van der Waals surface area contributed by atoms with Gasteiger partial charge < -0.3 is 11.1 Å². The number of carbonyl (C=O) groups is 1. The molecule has 1 heterocycles. The van der Waals surface area contributed by atoms with Crippen molar-refractivity contribution in [3.8, 4) is 0 Å². The second-order valence-corrected chi connectivity index (χ2v) is 4.89. The summed E-state index contributed by atoms with van der Waals surface area (Å²) in [7, 11) is 0. The SMILES string of the molecule is Cc1ccc(N)cc1NC(=O)Cn1cc(Br)cn1. The number of aromatic nitrogens is 2. The lowest BCUT2D eigenvalue weighted by Crippen LogP contribution is -2.19. The normalized spacial score (nSPS) is 10.3. The highest BCUT2D eigenvalue weighted by Crippen LogP contribution is 2.18. The zero-order chi connectivity index (χ0) is 13.1. The van der Waals surface area contributed by atoms with E-state index in [1.165, 1.54) is 0 Å². The van der Waals surface area contributed by atoms with E-state index in [4.69, 9.17) is 5.73 Å². The maximum absolute atomic E-state index is 11.8. The lowest BCUT2D eigenvalue weighted by Gasteiger charge is -2.09. The van der Waals surface area contributed by atoms with Crippen molar-refractivity contribution in [2.24, 2.45) is 0 Å². The lowest BCUT2D eigenvalue weighted by atomic mass is 10.2. The van der Waals surface area contributed by atoms with Gasteiger partial charge in [-0.25, -0.2) is 0 Å². The highest BCUT2D eigenvalue weighted by molar-refractivity contribution is 9.10. The maximum atomic E-state index is 11.8. The van der Waals surface area contributed by atoms with E-state index in [0.717, 1.165) is 15.7 Å². The van der Waals surface area contributed by atoms with Gasteiger partial charge in [-0.2, -0.15) is 5.10 Å². The Bertz CT molecular complexity index is 579. The number of halogens is 1. The summed E-state index contributed by atoms with van der Waals surface area (Å²) in [5, 5.41) is 6.84. The van der Waals surface area contributed by atoms with Crippen LogP contribution in [0.5, 0.6) is 0 Å². The van der Waals surface area contributed by atoms with Crippen molar-refractivity contribution in [1.82, 2.24) is 9.78 Å². The van der Waals surface area contributed by atoms with E-state index < -0.39 is 0 Å². The molecule has 6 heteroatoms. The Kier molecular flexibility index (Phi) is 3.66. The quantitative estimate of drug-likeness (QED) is 0.854. The Morgan fingerprint density at radius 1 is 1.56 bits per heavy atom. The summed E-state index contributed by atoms with van der Waals surface area (Å²) in [6, 6.07) is 5.41. The van der Waals surface area contributed by atoms with Crippen LogP contribution in [0.25, 0.3) is 0 Å². The van der Waals surface area contributed by atoms with Crippen LogP contribution in [0.3, 0.4) is 0 Å². The molecule has 0 aliphatic carbocycles. The van der Waals surface area contributed by atoms with Crippen LogP contribution in [-0.4, -0.2) is 15.7 Å². The number of nitrogens with two attached hydrogens (primary N) is 1. The van der Waals surface area contributed by atoms with Crippen LogP contribution in [0, 0.1) is 6.92 Å². The molecule has 1 aromatic carbocycles. The number of hydrogen-bond donors (Lipinski definition) is 2. The Labute approximate surface area is 113 Å². The highest BCUT2D eigenvalue weighted by Gasteiger charge is 2.06. The molecular formula is C12H13BrN4O. The van der Waals surface area contributed by atoms with E-state index in [0.29, 0.717) is 5.69 Å². The van der Waals surface area contributed by atoms with Crippen LogP contribution in [0.15, 0.2) is 35.1 Å². The van der Waals surface area contributed by atoms with Gasteiger partial charge in [0.05, 0.1) is 10.7 Å². The average Bonchev–Trinajstić information content (AvgIpc) is 2.69. The molecule has 0 aliphatic rings. The Morgan fingerprint density at radius 2 is 2.33 bits per heavy atom. The van der Waals surface area contributed by atoms with E-state index in [-0.39, 0.29) is 12.5 Å². The number of rotatable bonds is 3. The molecule has 1 aromatic heterocycles. The number of anilines is 2. The molecule has 0 radical (unpaired) electrons. The van der Waals surface area contributed by atoms with Crippen molar-refractivity contribution in [3.05, 3.63) is 40.6 Å². The number of nitrogens with zero attached hydrogens (tertiary/aromatic N) is 2. The second-order valence-electron chi connectivity index (χ2n) is 3.98. The van der Waals surface area contributed by atoms with Gasteiger partial charge in [-0.15, -0.1) is 0 Å². The van der Waals surface area contributed by atoms with Gasteiger partial charge in [0.1, 0.15) is 6.54 Å². The van der Waals surface area contributed by atoms with Crippen molar-refractivity contribution in [1.29, 1.82) is 0 Å². The molecule has 0 bridgehead atoms. The van der Waals surface area contributed by atoms with Crippen LogP contribution >= 0.6 is 15.9 Å². The molecule has 2 rings (SSSR count). The summed E-state index contributed by atoms with van der Waals surface area (Å²) in [5.41, 5.74) is 8.01. The first-order valence-electron chi connectivity index (χ1n) is 5.38. The fourth-order valence-electron chi connectivity index (χ4n) is 1.54. The molecule has 3 N–H and O–H groups in total. The lowest BCUT2D eigenvalue weighted by molar-refractivity contribution is -0.116. The summed E-state index contributed by atoms with van der Waals surface area (Å²) >= 11 is 3.28. The Balaban J connectivity index is 2.05. The van der Waals surface area contributed by atoms with Crippen molar-refractivity contribution >= 4 is 33.2 Å². The van der Waals surface area contributed by atoms with E-state index in [9.17, 15) is 4.79 Å². The van der Waals surface area contributed by atoms with Gasteiger partial charge in [0.15, 0.2) is 0 Å². The minimum absolute atomic E-state index is 0.140. The predicted octanol–water partition coefficient (Wildman–Crippen LogP) is 2.17. The van der Waals surface area contributed by atoms with Gasteiger partial charge in [0.2, 0.25) is 5.91 Å². The van der Waals surface area contributed by atoms with Gasteiger partial charge in [-0.1, -0.05) is 6.07 Å². The third kappa shape index (κ3) is 3.10. The van der Waals surface area contributed by atoms with Crippen molar-refractivity contribution in [3.63, 3.8) is 0 Å². The summed E-state index contributed by atoms with van der Waals surface area (Å²) in [6.45, 7) is 2.08. The number of benzene rings is 1. The topological polar surface area (TPSA) is 72.9 Å². The number of amides is 1. The molecule has 94 valence electrons. The van der Waals surface area contributed by atoms with Gasteiger partial charge in [-0.05, 0) is 40.5 Å². The van der Waals surface area contributed by atoms with Crippen LogP contribution < -0.4 is 11.1 Å². The van der Waals surface area contributed by atoms with E-state index in [1.54, 1.807) is 29.2 Å². The molecule has 0 saturated heterocycles. The van der Waals surface area contributed by atoms with Gasteiger partial charge in [-0.3, -0.25) is 9.48 Å². The van der Waals surface area contributed by atoms with Crippen molar-refractivity contribution < 1.29 is 4.79 Å². The van der Waals surface area contributed by atoms with Crippen molar-refractivity contribution in [2.75, 3.05) is 11.1 Å². The molecule has 18 heavy (non-hydrogen) atoms. The first kappa shape index (κ1) is 12.6. The molecule has 2 aromatic rings. The standard InChI is InChI=1S/C12H13BrN4O/c1-8-2-3-10(14)4-11(8)16-12(18)7-17-6-9(13)5-15-17/h2-6H,7,14H2,1H3,(H,16,18). The minimum Gasteiger partial charge on any atom is -0.399 e. The molecule has 0 unspecified atom stereocenters. The fraction of sp³-hybridized carbons (Fsp3) is 0.167. The van der Waals surface area contributed by atoms with Gasteiger partial charge >= 0.3 is 0 Å². The summed E-state index contributed by atoms with van der Waals surface area (Å²) in [4.78, 5) is 11.8. The molecule has 0 fully saturated rings.